The summed E-state index contributed by atoms with van der Waals surface area (Å²) in [5.41, 5.74) is 0.938. The standard InChI is InChI=1S/C9H15ClN2O/c1-13-5-3-2-4-12-7-9(6-10)11-8-12/h7-8H,2-6H2,1H3. The van der Waals surface area contributed by atoms with Crippen molar-refractivity contribution in [3.63, 3.8) is 0 Å². The molecule has 0 aliphatic carbocycles. The van der Waals surface area contributed by atoms with Crippen LogP contribution in [0.2, 0.25) is 0 Å². The molecule has 0 atom stereocenters. The zero-order valence-electron chi connectivity index (χ0n) is 7.87. The van der Waals surface area contributed by atoms with Crippen LogP contribution in [-0.2, 0) is 17.2 Å². The Balaban J connectivity index is 2.20. The Morgan fingerprint density at radius 1 is 1.54 bits per heavy atom. The van der Waals surface area contributed by atoms with Crippen molar-refractivity contribution in [1.29, 1.82) is 0 Å². The Morgan fingerprint density at radius 3 is 3.00 bits per heavy atom. The van der Waals surface area contributed by atoms with Gasteiger partial charge in [-0.25, -0.2) is 4.98 Å². The molecule has 0 N–H and O–H groups in total. The van der Waals surface area contributed by atoms with Crippen molar-refractivity contribution in [2.45, 2.75) is 25.3 Å². The van der Waals surface area contributed by atoms with Gasteiger partial charge in [0.1, 0.15) is 0 Å². The molecule has 0 fully saturated rings. The van der Waals surface area contributed by atoms with E-state index >= 15 is 0 Å². The molecule has 1 heterocycles. The number of hydrogen-bond acceptors (Lipinski definition) is 2. The summed E-state index contributed by atoms with van der Waals surface area (Å²) >= 11 is 5.63. The molecule has 0 aromatic carbocycles. The number of alkyl halides is 1. The number of hydrogen-bond donors (Lipinski definition) is 0. The van der Waals surface area contributed by atoms with Crippen LogP contribution in [0.25, 0.3) is 0 Å². The van der Waals surface area contributed by atoms with Gasteiger partial charge in [-0.05, 0) is 12.8 Å². The largest absolute Gasteiger partial charge is 0.385 e. The fraction of sp³-hybridized carbons (Fsp3) is 0.667. The number of ether oxygens (including phenoxy) is 1. The van der Waals surface area contributed by atoms with E-state index in [2.05, 4.69) is 9.55 Å². The maximum atomic E-state index is 5.63. The highest BCUT2D eigenvalue weighted by Gasteiger charge is 1.96. The Hall–Kier alpha value is -0.540. The summed E-state index contributed by atoms with van der Waals surface area (Å²) in [5.74, 6) is 0.491. The van der Waals surface area contributed by atoms with Crippen molar-refractivity contribution in [2.75, 3.05) is 13.7 Å². The zero-order chi connectivity index (χ0) is 9.52. The number of rotatable bonds is 6. The molecule has 0 saturated heterocycles. The summed E-state index contributed by atoms with van der Waals surface area (Å²) in [4.78, 5) is 4.13. The van der Waals surface area contributed by atoms with E-state index in [-0.39, 0.29) is 0 Å². The third kappa shape index (κ3) is 3.79. The molecule has 1 aromatic rings. The molecular weight excluding hydrogens is 188 g/mol. The minimum Gasteiger partial charge on any atom is -0.385 e. The number of aryl methyl sites for hydroxylation is 1. The normalized spacial score (nSPS) is 10.6. The molecule has 1 rings (SSSR count). The van der Waals surface area contributed by atoms with Gasteiger partial charge in [-0.1, -0.05) is 0 Å². The van der Waals surface area contributed by atoms with Gasteiger partial charge in [-0.15, -0.1) is 11.6 Å². The molecule has 0 amide bonds. The average Bonchev–Trinajstić information content (AvgIpc) is 2.60. The lowest BCUT2D eigenvalue weighted by molar-refractivity contribution is 0.191. The molecule has 0 spiro atoms. The minimum absolute atomic E-state index is 0.491. The first kappa shape index (κ1) is 10.5. The topological polar surface area (TPSA) is 27.1 Å². The van der Waals surface area contributed by atoms with Crippen LogP contribution in [-0.4, -0.2) is 23.3 Å². The zero-order valence-corrected chi connectivity index (χ0v) is 8.63. The first-order valence-electron chi connectivity index (χ1n) is 4.42. The molecule has 74 valence electrons. The predicted octanol–water partition coefficient (Wildman–Crippen LogP) is 2.05. The quantitative estimate of drug-likeness (QED) is 0.522. The van der Waals surface area contributed by atoms with Gasteiger partial charge in [0.25, 0.3) is 0 Å². The number of nitrogens with zero attached hydrogens (tertiary/aromatic N) is 2. The van der Waals surface area contributed by atoms with Crippen LogP contribution in [0, 0.1) is 0 Å². The summed E-state index contributed by atoms with van der Waals surface area (Å²) in [6.07, 6.45) is 6.02. The smallest absolute Gasteiger partial charge is 0.0949 e. The number of aromatic nitrogens is 2. The second-order valence-electron chi connectivity index (χ2n) is 2.94. The van der Waals surface area contributed by atoms with Crippen molar-refractivity contribution in [1.82, 2.24) is 9.55 Å². The molecule has 13 heavy (non-hydrogen) atoms. The lowest BCUT2D eigenvalue weighted by Gasteiger charge is -2.00. The van der Waals surface area contributed by atoms with E-state index < -0.39 is 0 Å². The van der Waals surface area contributed by atoms with E-state index in [1.807, 2.05) is 12.5 Å². The molecule has 0 radical (unpaired) electrons. The fourth-order valence-electron chi connectivity index (χ4n) is 1.14. The highest BCUT2D eigenvalue weighted by molar-refractivity contribution is 6.16. The summed E-state index contributed by atoms with van der Waals surface area (Å²) in [6.45, 7) is 1.82. The van der Waals surface area contributed by atoms with Gasteiger partial charge in [0.2, 0.25) is 0 Å². The Kier molecular flexibility index (Phi) is 4.86. The van der Waals surface area contributed by atoms with Gasteiger partial charge in [0, 0.05) is 26.5 Å². The maximum Gasteiger partial charge on any atom is 0.0949 e. The molecule has 0 unspecified atom stereocenters. The van der Waals surface area contributed by atoms with Crippen LogP contribution in [0.5, 0.6) is 0 Å². The van der Waals surface area contributed by atoms with Crippen molar-refractivity contribution in [2.24, 2.45) is 0 Å². The van der Waals surface area contributed by atoms with E-state index in [0.29, 0.717) is 5.88 Å². The molecule has 1 aromatic heterocycles. The fourth-order valence-corrected chi connectivity index (χ4v) is 1.28. The van der Waals surface area contributed by atoms with Crippen LogP contribution in [0.3, 0.4) is 0 Å². The summed E-state index contributed by atoms with van der Waals surface area (Å²) in [5, 5.41) is 0. The third-order valence-electron chi connectivity index (χ3n) is 1.84. The van der Waals surface area contributed by atoms with Crippen molar-refractivity contribution < 1.29 is 4.74 Å². The maximum absolute atomic E-state index is 5.63. The summed E-state index contributed by atoms with van der Waals surface area (Å²) in [7, 11) is 1.73. The summed E-state index contributed by atoms with van der Waals surface area (Å²) in [6, 6.07) is 0. The van der Waals surface area contributed by atoms with Gasteiger partial charge >= 0.3 is 0 Å². The molecule has 0 bridgehead atoms. The Labute approximate surface area is 83.7 Å². The second kappa shape index (κ2) is 6.00. The monoisotopic (exact) mass is 202 g/mol. The lowest BCUT2D eigenvalue weighted by Crippen LogP contribution is -1.96. The van der Waals surface area contributed by atoms with E-state index in [1.54, 1.807) is 7.11 Å². The van der Waals surface area contributed by atoms with Crippen molar-refractivity contribution in [3.8, 4) is 0 Å². The van der Waals surface area contributed by atoms with Crippen LogP contribution in [0.4, 0.5) is 0 Å². The van der Waals surface area contributed by atoms with Crippen LogP contribution in [0.15, 0.2) is 12.5 Å². The molecule has 0 saturated carbocycles. The number of methoxy groups -OCH3 is 1. The lowest BCUT2D eigenvalue weighted by atomic mass is 10.3. The number of halogens is 1. The van der Waals surface area contributed by atoms with Gasteiger partial charge < -0.3 is 9.30 Å². The van der Waals surface area contributed by atoms with E-state index in [0.717, 1.165) is 31.7 Å². The highest BCUT2D eigenvalue weighted by Crippen LogP contribution is 2.02. The summed E-state index contributed by atoms with van der Waals surface area (Å²) < 4.78 is 7.02. The first-order chi connectivity index (χ1) is 6.36. The van der Waals surface area contributed by atoms with Crippen LogP contribution >= 0.6 is 11.6 Å². The molecular formula is C9H15ClN2O. The number of imidazole rings is 1. The van der Waals surface area contributed by atoms with E-state index in [4.69, 9.17) is 16.3 Å². The van der Waals surface area contributed by atoms with E-state index in [1.165, 1.54) is 0 Å². The molecule has 3 nitrogen and oxygen atoms in total. The molecule has 0 aliphatic heterocycles. The van der Waals surface area contributed by atoms with Crippen molar-refractivity contribution >= 4 is 11.6 Å². The second-order valence-corrected chi connectivity index (χ2v) is 3.20. The molecule has 0 aliphatic rings. The predicted molar refractivity (Wildman–Crippen MR) is 52.9 cm³/mol. The Morgan fingerprint density at radius 2 is 2.38 bits per heavy atom. The third-order valence-corrected chi connectivity index (χ3v) is 2.11. The van der Waals surface area contributed by atoms with Gasteiger partial charge in [0.05, 0.1) is 17.9 Å². The molecule has 4 heteroatoms. The van der Waals surface area contributed by atoms with Gasteiger partial charge in [-0.3, -0.25) is 0 Å². The highest BCUT2D eigenvalue weighted by atomic mass is 35.5. The van der Waals surface area contributed by atoms with Gasteiger partial charge in [-0.2, -0.15) is 0 Å². The average molecular weight is 203 g/mol. The van der Waals surface area contributed by atoms with Crippen molar-refractivity contribution in [3.05, 3.63) is 18.2 Å². The van der Waals surface area contributed by atoms with E-state index in [9.17, 15) is 0 Å². The van der Waals surface area contributed by atoms with Gasteiger partial charge in [0.15, 0.2) is 0 Å². The minimum atomic E-state index is 0.491. The number of unbranched alkanes of at least 4 members (excludes halogenated alkanes) is 1. The SMILES string of the molecule is COCCCCn1cnc(CCl)c1. The Bertz CT molecular complexity index is 237. The van der Waals surface area contributed by atoms with Crippen LogP contribution in [0.1, 0.15) is 18.5 Å². The first-order valence-corrected chi connectivity index (χ1v) is 4.96. The van der Waals surface area contributed by atoms with Crippen LogP contribution < -0.4 is 0 Å².